The van der Waals surface area contributed by atoms with Gasteiger partial charge in [-0.15, -0.1) is 0 Å². The number of rotatable bonds is 3. The van der Waals surface area contributed by atoms with Crippen molar-refractivity contribution in [2.75, 3.05) is 7.11 Å². The Balaban J connectivity index is 2.23. The average molecular weight is 264 g/mol. The van der Waals surface area contributed by atoms with E-state index in [-0.39, 0.29) is 6.04 Å². The minimum Gasteiger partial charge on any atom is -0.496 e. The molecular weight excluding hydrogens is 240 g/mol. The summed E-state index contributed by atoms with van der Waals surface area (Å²) in [5.74, 6) is 0.869. The molecule has 2 unspecified atom stereocenters. The molecular formula is C15H24N2O2. The number of aromatic nitrogens is 1. The van der Waals surface area contributed by atoms with E-state index in [1.165, 1.54) is 0 Å². The van der Waals surface area contributed by atoms with Crippen molar-refractivity contribution in [3.8, 4) is 5.75 Å². The first kappa shape index (κ1) is 14.3. The van der Waals surface area contributed by atoms with E-state index in [1.54, 1.807) is 7.11 Å². The highest BCUT2D eigenvalue weighted by Gasteiger charge is 2.34. The molecule has 2 atom stereocenters. The summed E-state index contributed by atoms with van der Waals surface area (Å²) >= 11 is 0. The molecule has 1 fully saturated rings. The monoisotopic (exact) mass is 264 g/mol. The fourth-order valence-corrected chi connectivity index (χ4v) is 3.11. The van der Waals surface area contributed by atoms with Crippen molar-refractivity contribution >= 4 is 0 Å². The van der Waals surface area contributed by atoms with Gasteiger partial charge in [-0.25, -0.2) is 0 Å². The van der Waals surface area contributed by atoms with E-state index in [1.807, 2.05) is 20.0 Å². The first-order chi connectivity index (χ1) is 8.95. The largest absolute Gasteiger partial charge is 0.496 e. The van der Waals surface area contributed by atoms with Gasteiger partial charge in [-0.05, 0) is 39.5 Å². The highest BCUT2D eigenvalue weighted by atomic mass is 16.5. The molecule has 0 aromatic carbocycles. The van der Waals surface area contributed by atoms with Gasteiger partial charge in [0.15, 0.2) is 0 Å². The van der Waals surface area contributed by atoms with Gasteiger partial charge in [0, 0.05) is 35.5 Å². The second-order valence-electron chi connectivity index (χ2n) is 5.80. The predicted molar refractivity (Wildman–Crippen MR) is 75.4 cm³/mol. The zero-order valence-electron chi connectivity index (χ0n) is 12.1. The quantitative estimate of drug-likeness (QED) is 0.874. The topological polar surface area (TPSA) is 68.4 Å². The zero-order chi connectivity index (χ0) is 14.0. The van der Waals surface area contributed by atoms with Gasteiger partial charge in [-0.3, -0.25) is 4.98 Å². The van der Waals surface area contributed by atoms with Crippen molar-refractivity contribution in [1.29, 1.82) is 0 Å². The molecule has 4 heteroatoms. The van der Waals surface area contributed by atoms with Crippen LogP contribution in [0.15, 0.2) is 6.20 Å². The second kappa shape index (κ2) is 5.47. The summed E-state index contributed by atoms with van der Waals surface area (Å²) in [4.78, 5) is 4.47. The van der Waals surface area contributed by atoms with Crippen molar-refractivity contribution < 1.29 is 9.84 Å². The lowest BCUT2D eigenvalue weighted by atomic mass is 9.79. The normalized spacial score (nSPS) is 27.3. The molecule has 0 amide bonds. The van der Waals surface area contributed by atoms with Crippen LogP contribution in [-0.4, -0.2) is 28.8 Å². The fourth-order valence-electron chi connectivity index (χ4n) is 3.11. The lowest BCUT2D eigenvalue weighted by Gasteiger charge is -2.35. The highest BCUT2D eigenvalue weighted by Crippen LogP contribution is 2.33. The molecule has 0 saturated heterocycles. The second-order valence-corrected chi connectivity index (χ2v) is 5.80. The number of methoxy groups -OCH3 is 1. The number of nitrogens with two attached hydrogens (primary N) is 1. The van der Waals surface area contributed by atoms with E-state index < -0.39 is 5.60 Å². The molecule has 1 heterocycles. The van der Waals surface area contributed by atoms with Crippen molar-refractivity contribution in [3.63, 3.8) is 0 Å². The van der Waals surface area contributed by atoms with Crippen LogP contribution in [0.25, 0.3) is 0 Å². The molecule has 1 aliphatic carbocycles. The van der Waals surface area contributed by atoms with Gasteiger partial charge in [0.05, 0.1) is 12.7 Å². The van der Waals surface area contributed by atoms with Crippen molar-refractivity contribution in [2.45, 2.75) is 57.6 Å². The Morgan fingerprint density at radius 1 is 1.53 bits per heavy atom. The van der Waals surface area contributed by atoms with Gasteiger partial charge < -0.3 is 15.6 Å². The third-order valence-corrected chi connectivity index (χ3v) is 4.11. The third kappa shape index (κ3) is 3.07. The van der Waals surface area contributed by atoms with Crippen LogP contribution in [0.2, 0.25) is 0 Å². The van der Waals surface area contributed by atoms with Crippen LogP contribution >= 0.6 is 0 Å². The summed E-state index contributed by atoms with van der Waals surface area (Å²) in [6.07, 6.45) is 5.82. The van der Waals surface area contributed by atoms with Crippen LogP contribution < -0.4 is 10.5 Å². The molecule has 0 spiro atoms. The standard InChI is InChI=1S/C15H24N2O2/c1-10-9-17-13(11(2)14(10)19-3)8-15(18)6-4-5-12(16)7-15/h9,12,18H,4-8,16H2,1-3H3. The summed E-state index contributed by atoms with van der Waals surface area (Å²) in [6.45, 7) is 3.98. The number of hydrogen-bond acceptors (Lipinski definition) is 4. The fraction of sp³-hybridized carbons (Fsp3) is 0.667. The van der Waals surface area contributed by atoms with E-state index >= 15 is 0 Å². The van der Waals surface area contributed by atoms with Gasteiger partial charge in [-0.2, -0.15) is 0 Å². The molecule has 3 N–H and O–H groups in total. The Labute approximate surface area is 115 Å². The maximum Gasteiger partial charge on any atom is 0.128 e. The van der Waals surface area contributed by atoms with Crippen LogP contribution in [0.4, 0.5) is 0 Å². The van der Waals surface area contributed by atoms with E-state index in [0.717, 1.165) is 41.8 Å². The molecule has 0 aliphatic heterocycles. The van der Waals surface area contributed by atoms with Crippen molar-refractivity contribution in [2.24, 2.45) is 5.73 Å². The first-order valence-corrected chi connectivity index (χ1v) is 6.92. The smallest absolute Gasteiger partial charge is 0.128 e. The number of ether oxygens (including phenoxy) is 1. The van der Waals surface area contributed by atoms with Gasteiger partial charge in [0.25, 0.3) is 0 Å². The van der Waals surface area contributed by atoms with Crippen LogP contribution in [0.1, 0.15) is 42.5 Å². The minimum absolute atomic E-state index is 0.103. The lowest BCUT2D eigenvalue weighted by Crippen LogP contribution is -2.43. The Morgan fingerprint density at radius 3 is 2.89 bits per heavy atom. The molecule has 106 valence electrons. The lowest BCUT2D eigenvalue weighted by molar-refractivity contribution is -0.00287. The van der Waals surface area contributed by atoms with Crippen LogP contribution in [0.3, 0.4) is 0 Å². The third-order valence-electron chi connectivity index (χ3n) is 4.11. The maximum atomic E-state index is 10.7. The van der Waals surface area contributed by atoms with Crippen LogP contribution in [0, 0.1) is 13.8 Å². The minimum atomic E-state index is -0.713. The highest BCUT2D eigenvalue weighted by molar-refractivity contribution is 5.41. The first-order valence-electron chi connectivity index (χ1n) is 6.92. The Morgan fingerprint density at radius 2 is 2.26 bits per heavy atom. The van der Waals surface area contributed by atoms with Crippen molar-refractivity contribution in [3.05, 3.63) is 23.0 Å². The van der Waals surface area contributed by atoms with E-state index in [4.69, 9.17) is 10.5 Å². The van der Waals surface area contributed by atoms with Crippen LogP contribution in [-0.2, 0) is 6.42 Å². The molecule has 1 aromatic rings. The summed E-state index contributed by atoms with van der Waals surface area (Å²) < 4.78 is 5.41. The summed E-state index contributed by atoms with van der Waals surface area (Å²) in [5, 5.41) is 10.7. The SMILES string of the molecule is COc1c(C)cnc(CC2(O)CCCC(N)C2)c1C. The van der Waals surface area contributed by atoms with Gasteiger partial charge >= 0.3 is 0 Å². The van der Waals surface area contributed by atoms with E-state index in [9.17, 15) is 5.11 Å². The zero-order valence-corrected chi connectivity index (χ0v) is 12.1. The molecule has 0 bridgehead atoms. The number of hydrogen-bond donors (Lipinski definition) is 2. The summed E-state index contributed by atoms with van der Waals surface area (Å²) in [6, 6.07) is 0.103. The summed E-state index contributed by atoms with van der Waals surface area (Å²) in [5.41, 5.74) is 8.23. The Hall–Kier alpha value is -1.13. The molecule has 1 aromatic heterocycles. The average Bonchev–Trinajstić information content (AvgIpc) is 2.33. The van der Waals surface area contributed by atoms with Gasteiger partial charge in [-0.1, -0.05) is 0 Å². The van der Waals surface area contributed by atoms with E-state index in [0.29, 0.717) is 12.8 Å². The molecule has 4 nitrogen and oxygen atoms in total. The Kier molecular flexibility index (Phi) is 4.11. The number of aryl methyl sites for hydroxylation is 1. The number of aliphatic hydroxyl groups is 1. The van der Waals surface area contributed by atoms with Crippen LogP contribution in [0.5, 0.6) is 5.75 Å². The van der Waals surface area contributed by atoms with Crippen molar-refractivity contribution in [1.82, 2.24) is 4.98 Å². The molecule has 1 saturated carbocycles. The number of nitrogens with zero attached hydrogens (tertiary/aromatic N) is 1. The molecule has 1 aliphatic rings. The number of pyridine rings is 1. The molecule has 0 radical (unpaired) electrons. The molecule has 2 rings (SSSR count). The maximum absolute atomic E-state index is 10.7. The van der Waals surface area contributed by atoms with Gasteiger partial charge in [0.1, 0.15) is 5.75 Å². The summed E-state index contributed by atoms with van der Waals surface area (Å²) in [7, 11) is 1.67. The Bertz CT molecular complexity index is 462. The van der Waals surface area contributed by atoms with E-state index in [2.05, 4.69) is 4.98 Å². The predicted octanol–water partition coefficient (Wildman–Crippen LogP) is 1.88. The molecule has 19 heavy (non-hydrogen) atoms. The van der Waals surface area contributed by atoms with Gasteiger partial charge in [0.2, 0.25) is 0 Å².